The summed E-state index contributed by atoms with van der Waals surface area (Å²) in [6.07, 6.45) is -1.40. The first-order valence-electron chi connectivity index (χ1n) is 9.69. The van der Waals surface area contributed by atoms with Gasteiger partial charge in [0.1, 0.15) is 0 Å². The van der Waals surface area contributed by atoms with Crippen LogP contribution in [0.5, 0.6) is 0 Å². The normalized spacial score (nSPS) is 13.8. The van der Waals surface area contributed by atoms with E-state index in [0.717, 1.165) is 11.1 Å². The molecule has 0 spiro atoms. The van der Waals surface area contributed by atoms with Gasteiger partial charge in [-0.1, -0.05) is 60.2 Å². The first kappa shape index (κ1) is 21.9. The van der Waals surface area contributed by atoms with E-state index in [9.17, 15) is 15.0 Å². The van der Waals surface area contributed by atoms with E-state index in [4.69, 9.17) is 0 Å². The molecular formula is C23H32N2O3. The molecule has 0 unspecified atom stereocenters. The molecule has 3 N–H and O–H groups in total. The zero-order valence-corrected chi connectivity index (χ0v) is 17.2. The fraction of sp³-hybridized carbons (Fsp3) is 0.435. The summed E-state index contributed by atoms with van der Waals surface area (Å²) >= 11 is 0. The van der Waals surface area contributed by atoms with Gasteiger partial charge in [0, 0.05) is 18.6 Å². The third-order valence-corrected chi connectivity index (χ3v) is 4.80. The summed E-state index contributed by atoms with van der Waals surface area (Å²) in [5.74, 6) is 0. The number of aryl methyl sites for hydroxylation is 1. The molecule has 152 valence electrons. The molecule has 0 bridgehead atoms. The van der Waals surface area contributed by atoms with Gasteiger partial charge in [0.05, 0.1) is 12.1 Å². The van der Waals surface area contributed by atoms with Crippen molar-refractivity contribution in [3.8, 4) is 0 Å². The molecule has 0 aliphatic heterocycles. The van der Waals surface area contributed by atoms with E-state index in [1.807, 2.05) is 58.0 Å². The Hall–Kier alpha value is -2.37. The summed E-state index contributed by atoms with van der Waals surface area (Å²) in [7, 11) is 0. The van der Waals surface area contributed by atoms with Crippen molar-refractivity contribution in [2.24, 2.45) is 0 Å². The van der Waals surface area contributed by atoms with E-state index in [1.165, 1.54) is 10.5 Å². The van der Waals surface area contributed by atoms with E-state index in [2.05, 4.69) is 29.6 Å². The third-order valence-electron chi connectivity index (χ3n) is 4.80. The Labute approximate surface area is 168 Å². The minimum Gasteiger partial charge on any atom is -0.465 e. The van der Waals surface area contributed by atoms with Crippen LogP contribution in [0.1, 0.15) is 37.5 Å². The van der Waals surface area contributed by atoms with Crippen LogP contribution in [0, 0.1) is 6.92 Å². The molecule has 0 aromatic heterocycles. The molecule has 2 aromatic carbocycles. The van der Waals surface area contributed by atoms with Gasteiger partial charge in [0.2, 0.25) is 0 Å². The largest absolute Gasteiger partial charge is 0.465 e. The molecule has 2 rings (SSSR count). The van der Waals surface area contributed by atoms with E-state index in [-0.39, 0.29) is 0 Å². The van der Waals surface area contributed by atoms with Gasteiger partial charge in [-0.2, -0.15) is 0 Å². The van der Waals surface area contributed by atoms with Crippen molar-refractivity contribution in [3.63, 3.8) is 0 Å². The summed E-state index contributed by atoms with van der Waals surface area (Å²) < 4.78 is 0. The first-order chi connectivity index (χ1) is 13.2. The van der Waals surface area contributed by atoms with Gasteiger partial charge in [-0.05, 0) is 45.2 Å². The molecule has 0 aliphatic carbocycles. The highest BCUT2D eigenvalue weighted by Crippen LogP contribution is 2.22. The Morgan fingerprint density at radius 2 is 1.64 bits per heavy atom. The van der Waals surface area contributed by atoms with Gasteiger partial charge in [-0.3, -0.25) is 4.90 Å². The van der Waals surface area contributed by atoms with Crippen LogP contribution >= 0.6 is 0 Å². The lowest BCUT2D eigenvalue weighted by atomic mass is 9.94. The number of hydrogen-bond acceptors (Lipinski definition) is 3. The average Bonchev–Trinajstić information content (AvgIpc) is 2.62. The third kappa shape index (κ3) is 6.36. The molecule has 0 saturated carbocycles. The van der Waals surface area contributed by atoms with Gasteiger partial charge in [-0.15, -0.1) is 0 Å². The number of carbonyl (C=O) groups is 1. The molecule has 2 atom stereocenters. The van der Waals surface area contributed by atoms with Crippen LogP contribution in [0.25, 0.3) is 0 Å². The van der Waals surface area contributed by atoms with Crippen molar-refractivity contribution in [1.82, 2.24) is 10.2 Å². The molecule has 5 nitrogen and oxygen atoms in total. The average molecular weight is 385 g/mol. The molecule has 5 heteroatoms. The van der Waals surface area contributed by atoms with Crippen LogP contribution in [-0.2, 0) is 13.0 Å². The van der Waals surface area contributed by atoms with Crippen molar-refractivity contribution < 1.29 is 15.0 Å². The second kappa shape index (κ2) is 9.71. The Kier molecular flexibility index (Phi) is 7.61. The summed E-state index contributed by atoms with van der Waals surface area (Å²) in [6.45, 7) is 8.54. The highest BCUT2D eigenvalue weighted by molar-refractivity contribution is 5.66. The van der Waals surface area contributed by atoms with Gasteiger partial charge in [0.15, 0.2) is 0 Å². The molecule has 0 saturated heterocycles. The van der Waals surface area contributed by atoms with E-state index >= 15 is 0 Å². The number of benzene rings is 2. The monoisotopic (exact) mass is 384 g/mol. The maximum absolute atomic E-state index is 12.0. The van der Waals surface area contributed by atoms with Crippen molar-refractivity contribution in [2.45, 2.75) is 58.3 Å². The van der Waals surface area contributed by atoms with Crippen LogP contribution in [0.4, 0.5) is 4.79 Å². The number of rotatable bonds is 8. The summed E-state index contributed by atoms with van der Waals surface area (Å²) in [5, 5.41) is 24.0. The number of nitrogens with one attached hydrogen (secondary N) is 1. The number of amides is 1. The van der Waals surface area contributed by atoms with Gasteiger partial charge >= 0.3 is 6.09 Å². The van der Waals surface area contributed by atoms with Crippen molar-refractivity contribution in [3.05, 3.63) is 71.3 Å². The topological polar surface area (TPSA) is 72.8 Å². The van der Waals surface area contributed by atoms with Gasteiger partial charge < -0.3 is 15.5 Å². The lowest BCUT2D eigenvalue weighted by Gasteiger charge is -2.42. The number of carboxylic acid groups (broad SMARTS) is 1. The minimum absolute atomic E-state index is 0.311. The van der Waals surface area contributed by atoms with Crippen LogP contribution in [0.15, 0.2) is 54.6 Å². The quantitative estimate of drug-likeness (QED) is 0.647. The second-order valence-electron chi connectivity index (χ2n) is 8.26. The van der Waals surface area contributed by atoms with Crippen LogP contribution in [0.2, 0.25) is 0 Å². The molecule has 0 radical (unpaired) electrons. The van der Waals surface area contributed by atoms with Crippen LogP contribution in [0.3, 0.4) is 0 Å². The zero-order chi connectivity index (χ0) is 20.7. The summed E-state index contributed by atoms with van der Waals surface area (Å²) in [4.78, 5) is 13.4. The molecule has 28 heavy (non-hydrogen) atoms. The van der Waals surface area contributed by atoms with Crippen molar-refractivity contribution >= 4 is 6.09 Å². The van der Waals surface area contributed by atoms with Crippen LogP contribution < -0.4 is 5.32 Å². The van der Waals surface area contributed by atoms with E-state index < -0.39 is 23.8 Å². The molecule has 2 aromatic rings. The van der Waals surface area contributed by atoms with Crippen molar-refractivity contribution in [1.29, 1.82) is 0 Å². The Bertz CT molecular complexity index is 739. The van der Waals surface area contributed by atoms with Crippen molar-refractivity contribution in [2.75, 3.05) is 6.54 Å². The van der Waals surface area contributed by atoms with E-state index in [0.29, 0.717) is 19.5 Å². The van der Waals surface area contributed by atoms with Crippen LogP contribution in [-0.4, -0.2) is 45.4 Å². The Morgan fingerprint density at radius 3 is 2.18 bits per heavy atom. The number of aliphatic hydroxyl groups is 1. The summed E-state index contributed by atoms with van der Waals surface area (Å²) in [6, 6.07) is 17.4. The molecule has 0 fully saturated rings. The molecular weight excluding hydrogens is 352 g/mol. The minimum atomic E-state index is -1.02. The highest BCUT2D eigenvalue weighted by atomic mass is 16.4. The lowest BCUT2D eigenvalue weighted by molar-refractivity contribution is 0.00770. The predicted molar refractivity (Wildman–Crippen MR) is 112 cm³/mol. The SMILES string of the molecule is Cc1ccc(CNC[C@@H](O)[C@H](Cc2ccccc2)N(C(=O)O)C(C)(C)C)cc1. The lowest BCUT2D eigenvalue weighted by Crippen LogP contribution is -2.58. The number of hydrogen-bond donors (Lipinski definition) is 3. The Balaban J connectivity index is 2.12. The maximum Gasteiger partial charge on any atom is 0.408 e. The number of nitrogens with zero attached hydrogens (tertiary/aromatic N) is 1. The Morgan fingerprint density at radius 1 is 1.04 bits per heavy atom. The fourth-order valence-corrected chi connectivity index (χ4v) is 3.39. The first-order valence-corrected chi connectivity index (χ1v) is 9.69. The van der Waals surface area contributed by atoms with Gasteiger partial charge in [-0.25, -0.2) is 4.79 Å². The predicted octanol–water partition coefficient (Wildman–Crippen LogP) is 3.84. The molecule has 1 amide bonds. The maximum atomic E-state index is 12.0. The highest BCUT2D eigenvalue weighted by Gasteiger charge is 2.37. The fourth-order valence-electron chi connectivity index (χ4n) is 3.39. The zero-order valence-electron chi connectivity index (χ0n) is 17.2. The molecule has 0 heterocycles. The van der Waals surface area contributed by atoms with E-state index in [1.54, 1.807) is 0 Å². The number of aliphatic hydroxyl groups excluding tert-OH is 1. The van der Waals surface area contributed by atoms with Gasteiger partial charge in [0.25, 0.3) is 0 Å². The smallest absolute Gasteiger partial charge is 0.408 e. The second-order valence-corrected chi connectivity index (χ2v) is 8.26. The summed E-state index contributed by atoms with van der Waals surface area (Å²) in [5.41, 5.74) is 2.71. The standard InChI is InChI=1S/C23H32N2O3/c1-17-10-12-19(13-11-17)15-24-16-21(26)20(14-18-8-6-5-7-9-18)25(22(27)28)23(2,3)4/h5-13,20-21,24,26H,14-16H2,1-4H3,(H,27,28)/t20-,21+/m0/s1. The molecule has 0 aliphatic rings.